The SMILES string of the molecule is Cc1ccc(S(=O)(=O)N(CC(=O)NCc2cccc(-c3nn[nH]n3)c2)c2cccc(C)c2C)cc1. The first-order valence-electron chi connectivity index (χ1n) is 11.0. The number of carbonyl (C=O) groups is 1. The fraction of sp³-hybridized carbons (Fsp3) is 0.200. The van der Waals surface area contributed by atoms with Crippen LogP contribution in [0.2, 0.25) is 0 Å². The van der Waals surface area contributed by atoms with Crippen molar-refractivity contribution in [1.29, 1.82) is 0 Å². The maximum absolute atomic E-state index is 13.6. The molecule has 3 aromatic carbocycles. The fourth-order valence-electron chi connectivity index (χ4n) is 3.63. The lowest BCUT2D eigenvalue weighted by molar-refractivity contribution is -0.119. The molecule has 0 saturated heterocycles. The Morgan fingerprint density at radius 3 is 2.46 bits per heavy atom. The number of aromatic amines is 1. The second kappa shape index (κ2) is 10.1. The number of benzene rings is 3. The second-order valence-corrected chi connectivity index (χ2v) is 10.1. The predicted molar refractivity (Wildman–Crippen MR) is 133 cm³/mol. The van der Waals surface area contributed by atoms with Gasteiger partial charge in [-0.15, -0.1) is 10.2 Å². The standard InChI is InChI=1S/C25H26N6O3S/c1-17-10-12-22(13-11-17)35(33,34)31(23-9-4-6-18(2)19(23)3)16-24(32)26-15-20-7-5-8-21(14-20)25-27-29-30-28-25/h4-14H,15-16H2,1-3H3,(H,26,32)(H,27,28,29,30). The van der Waals surface area contributed by atoms with Crippen molar-refractivity contribution in [2.45, 2.75) is 32.2 Å². The number of nitrogens with zero attached hydrogens (tertiary/aromatic N) is 4. The van der Waals surface area contributed by atoms with Crippen molar-refractivity contribution in [3.05, 3.63) is 89.0 Å². The molecule has 1 amide bonds. The van der Waals surface area contributed by atoms with Crippen molar-refractivity contribution in [2.24, 2.45) is 0 Å². The largest absolute Gasteiger partial charge is 0.350 e. The van der Waals surface area contributed by atoms with E-state index in [4.69, 9.17) is 0 Å². The Balaban J connectivity index is 1.58. The van der Waals surface area contributed by atoms with Gasteiger partial charge in [-0.05, 0) is 66.9 Å². The number of anilines is 1. The third-order valence-corrected chi connectivity index (χ3v) is 7.54. The summed E-state index contributed by atoms with van der Waals surface area (Å²) < 4.78 is 28.4. The topological polar surface area (TPSA) is 121 Å². The summed E-state index contributed by atoms with van der Waals surface area (Å²) in [4.78, 5) is 13.1. The summed E-state index contributed by atoms with van der Waals surface area (Å²) in [5, 5.41) is 16.7. The van der Waals surface area contributed by atoms with Crippen molar-refractivity contribution < 1.29 is 13.2 Å². The number of hydrogen-bond donors (Lipinski definition) is 2. The first-order valence-corrected chi connectivity index (χ1v) is 12.4. The highest BCUT2D eigenvalue weighted by atomic mass is 32.2. The lowest BCUT2D eigenvalue weighted by Crippen LogP contribution is -2.41. The number of nitrogens with one attached hydrogen (secondary N) is 2. The molecule has 0 aliphatic heterocycles. The number of amides is 1. The number of rotatable bonds is 8. The smallest absolute Gasteiger partial charge is 0.264 e. The van der Waals surface area contributed by atoms with Crippen LogP contribution in [0.15, 0.2) is 71.6 Å². The molecular weight excluding hydrogens is 464 g/mol. The summed E-state index contributed by atoms with van der Waals surface area (Å²) in [5.41, 5.74) is 4.72. The summed E-state index contributed by atoms with van der Waals surface area (Å²) in [6, 6.07) is 19.4. The van der Waals surface area contributed by atoms with E-state index in [1.807, 2.05) is 51.1 Å². The molecule has 1 heterocycles. The van der Waals surface area contributed by atoms with E-state index in [9.17, 15) is 13.2 Å². The van der Waals surface area contributed by atoms with Gasteiger partial charge in [-0.3, -0.25) is 9.10 Å². The van der Waals surface area contributed by atoms with Crippen molar-refractivity contribution in [2.75, 3.05) is 10.8 Å². The zero-order valence-electron chi connectivity index (χ0n) is 19.7. The summed E-state index contributed by atoms with van der Waals surface area (Å²) in [5.74, 6) is 0.0232. The number of carbonyl (C=O) groups excluding carboxylic acids is 1. The molecule has 0 unspecified atom stereocenters. The van der Waals surface area contributed by atoms with Gasteiger partial charge in [-0.1, -0.05) is 48.0 Å². The van der Waals surface area contributed by atoms with Crippen LogP contribution in [0.1, 0.15) is 22.3 Å². The Bertz CT molecular complexity index is 1430. The lowest BCUT2D eigenvalue weighted by Gasteiger charge is -2.26. The van der Waals surface area contributed by atoms with E-state index in [2.05, 4.69) is 25.9 Å². The molecule has 4 aromatic rings. The summed E-state index contributed by atoms with van der Waals surface area (Å²) in [6.07, 6.45) is 0. The molecule has 0 aliphatic rings. The van der Waals surface area contributed by atoms with Crippen LogP contribution < -0.4 is 9.62 Å². The van der Waals surface area contributed by atoms with Crippen LogP contribution in [-0.4, -0.2) is 41.5 Å². The first-order chi connectivity index (χ1) is 16.8. The maximum atomic E-state index is 13.6. The Morgan fingerprint density at radius 1 is 1.00 bits per heavy atom. The van der Waals surface area contributed by atoms with Crippen molar-refractivity contribution in [3.63, 3.8) is 0 Å². The number of aromatic nitrogens is 4. The zero-order chi connectivity index (χ0) is 25.0. The van der Waals surface area contributed by atoms with Crippen LogP contribution in [0.4, 0.5) is 5.69 Å². The minimum absolute atomic E-state index is 0.129. The molecule has 180 valence electrons. The molecule has 9 nitrogen and oxygen atoms in total. The molecule has 35 heavy (non-hydrogen) atoms. The molecule has 0 saturated carbocycles. The van der Waals surface area contributed by atoms with Gasteiger partial charge in [0, 0.05) is 12.1 Å². The Labute approximate surface area is 204 Å². The van der Waals surface area contributed by atoms with E-state index in [0.717, 1.165) is 27.8 Å². The molecule has 0 fully saturated rings. The molecule has 0 radical (unpaired) electrons. The van der Waals surface area contributed by atoms with Gasteiger partial charge in [0.25, 0.3) is 10.0 Å². The number of aryl methyl sites for hydroxylation is 2. The van der Waals surface area contributed by atoms with Gasteiger partial charge in [0.1, 0.15) is 6.54 Å². The van der Waals surface area contributed by atoms with Gasteiger partial charge in [-0.2, -0.15) is 5.21 Å². The minimum atomic E-state index is -3.98. The number of tetrazole rings is 1. The van der Waals surface area contributed by atoms with Gasteiger partial charge >= 0.3 is 0 Å². The van der Waals surface area contributed by atoms with Gasteiger partial charge < -0.3 is 5.32 Å². The summed E-state index contributed by atoms with van der Waals surface area (Å²) in [6.45, 7) is 5.51. The van der Waals surface area contributed by atoms with Crippen LogP contribution >= 0.6 is 0 Å². The third-order valence-electron chi connectivity index (χ3n) is 5.76. The molecular formula is C25H26N6O3S. The summed E-state index contributed by atoms with van der Waals surface area (Å²) >= 11 is 0. The monoisotopic (exact) mass is 490 g/mol. The molecule has 2 N–H and O–H groups in total. The highest BCUT2D eigenvalue weighted by Gasteiger charge is 2.28. The van der Waals surface area contributed by atoms with Crippen molar-refractivity contribution in [1.82, 2.24) is 25.9 Å². The molecule has 0 aliphatic carbocycles. The zero-order valence-corrected chi connectivity index (χ0v) is 20.5. The highest BCUT2D eigenvalue weighted by Crippen LogP contribution is 2.28. The minimum Gasteiger partial charge on any atom is -0.350 e. The van der Waals surface area contributed by atoms with Crippen LogP contribution in [0.5, 0.6) is 0 Å². The maximum Gasteiger partial charge on any atom is 0.264 e. The van der Waals surface area contributed by atoms with E-state index in [0.29, 0.717) is 11.5 Å². The van der Waals surface area contributed by atoms with Crippen molar-refractivity contribution >= 4 is 21.6 Å². The lowest BCUT2D eigenvalue weighted by atomic mass is 10.1. The second-order valence-electron chi connectivity index (χ2n) is 8.26. The summed E-state index contributed by atoms with van der Waals surface area (Å²) in [7, 11) is -3.98. The third kappa shape index (κ3) is 5.38. The predicted octanol–water partition coefficient (Wildman–Crippen LogP) is 3.30. The van der Waals surface area contributed by atoms with Crippen molar-refractivity contribution in [3.8, 4) is 11.4 Å². The molecule has 0 bridgehead atoms. The van der Waals surface area contributed by atoms with E-state index in [1.54, 1.807) is 36.4 Å². The molecule has 10 heteroatoms. The molecule has 0 spiro atoms. The van der Waals surface area contributed by atoms with E-state index < -0.39 is 15.9 Å². The van der Waals surface area contributed by atoms with E-state index in [1.165, 1.54) is 4.31 Å². The Morgan fingerprint density at radius 2 is 1.74 bits per heavy atom. The van der Waals surface area contributed by atoms with Crippen LogP contribution in [0.25, 0.3) is 11.4 Å². The quantitative estimate of drug-likeness (QED) is 0.391. The average Bonchev–Trinajstić information content (AvgIpc) is 3.39. The molecule has 0 atom stereocenters. The first kappa shape index (κ1) is 24.1. The Kier molecular flexibility index (Phi) is 6.92. The molecule has 4 rings (SSSR count). The Hall–Kier alpha value is -4.05. The number of sulfonamides is 1. The van der Waals surface area contributed by atoms with Gasteiger partial charge in [0.05, 0.1) is 10.6 Å². The average molecular weight is 491 g/mol. The number of hydrogen-bond acceptors (Lipinski definition) is 6. The van der Waals surface area contributed by atoms with Gasteiger partial charge in [-0.25, -0.2) is 8.42 Å². The van der Waals surface area contributed by atoms with E-state index in [-0.39, 0.29) is 18.0 Å². The van der Waals surface area contributed by atoms with Crippen LogP contribution in [0, 0.1) is 20.8 Å². The highest BCUT2D eigenvalue weighted by molar-refractivity contribution is 7.92. The normalized spacial score (nSPS) is 11.3. The van der Waals surface area contributed by atoms with Crippen LogP contribution in [-0.2, 0) is 21.4 Å². The molecule has 1 aromatic heterocycles. The van der Waals surface area contributed by atoms with Crippen LogP contribution in [0.3, 0.4) is 0 Å². The fourth-order valence-corrected chi connectivity index (χ4v) is 5.11. The van der Waals surface area contributed by atoms with Gasteiger partial charge in [0.15, 0.2) is 0 Å². The van der Waals surface area contributed by atoms with E-state index >= 15 is 0 Å². The number of H-pyrrole nitrogens is 1. The van der Waals surface area contributed by atoms with Gasteiger partial charge in [0.2, 0.25) is 11.7 Å².